The third-order valence-corrected chi connectivity index (χ3v) is 4.71. The van der Waals surface area contributed by atoms with Gasteiger partial charge in [-0.05, 0) is 74.1 Å². The molecule has 2 fully saturated rings. The van der Waals surface area contributed by atoms with Crippen LogP contribution in [0.3, 0.4) is 0 Å². The van der Waals surface area contributed by atoms with Gasteiger partial charge in [-0.15, -0.1) is 0 Å². The lowest BCUT2D eigenvalue weighted by Gasteiger charge is -2.17. The SMILES string of the molecule is Cc1cc(NCC(C2CC2)C2CC2)ccc1C(N)=S. The second kappa shape index (κ2) is 5.12. The Morgan fingerprint density at radius 2 is 1.95 bits per heavy atom. The molecule has 2 aliphatic rings. The van der Waals surface area contributed by atoms with Gasteiger partial charge in [-0.3, -0.25) is 0 Å². The van der Waals surface area contributed by atoms with Crippen LogP contribution in [0.25, 0.3) is 0 Å². The highest BCUT2D eigenvalue weighted by molar-refractivity contribution is 7.80. The highest BCUT2D eigenvalue weighted by Crippen LogP contribution is 2.49. The summed E-state index contributed by atoms with van der Waals surface area (Å²) in [7, 11) is 0. The van der Waals surface area contributed by atoms with Crippen LogP contribution in [0.5, 0.6) is 0 Å². The van der Waals surface area contributed by atoms with Crippen LogP contribution in [0, 0.1) is 24.7 Å². The fourth-order valence-electron chi connectivity index (χ4n) is 3.05. The van der Waals surface area contributed by atoms with Gasteiger partial charge in [0.1, 0.15) is 4.99 Å². The fourth-order valence-corrected chi connectivity index (χ4v) is 3.28. The first-order valence-electron chi connectivity index (χ1n) is 7.29. The molecule has 0 aliphatic heterocycles. The Labute approximate surface area is 120 Å². The molecule has 0 atom stereocenters. The predicted octanol–water partition coefficient (Wildman–Crippen LogP) is 3.48. The van der Waals surface area contributed by atoms with Crippen LogP contribution in [0.1, 0.15) is 36.8 Å². The molecule has 0 radical (unpaired) electrons. The highest BCUT2D eigenvalue weighted by atomic mass is 32.1. The number of anilines is 1. The van der Waals surface area contributed by atoms with Gasteiger partial charge in [0.25, 0.3) is 0 Å². The molecule has 3 rings (SSSR count). The Hall–Kier alpha value is -1.09. The maximum Gasteiger partial charge on any atom is 0.104 e. The van der Waals surface area contributed by atoms with Crippen molar-refractivity contribution in [2.45, 2.75) is 32.6 Å². The number of rotatable bonds is 6. The minimum atomic E-state index is 0.484. The van der Waals surface area contributed by atoms with Gasteiger partial charge in [0.2, 0.25) is 0 Å². The second-order valence-corrected chi connectivity index (χ2v) is 6.55. The largest absolute Gasteiger partial charge is 0.389 e. The fraction of sp³-hybridized carbons (Fsp3) is 0.562. The van der Waals surface area contributed by atoms with Crippen LogP contribution in [0.15, 0.2) is 18.2 Å². The molecule has 3 N–H and O–H groups in total. The molecule has 0 spiro atoms. The molecule has 0 amide bonds. The van der Waals surface area contributed by atoms with Crippen molar-refractivity contribution in [1.29, 1.82) is 0 Å². The number of hydrogen-bond donors (Lipinski definition) is 2. The molecule has 1 aromatic rings. The van der Waals surface area contributed by atoms with Gasteiger partial charge >= 0.3 is 0 Å². The predicted molar refractivity (Wildman–Crippen MR) is 84.5 cm³/mol. The van der Waals surface area contributed by atoms with Crippen LogP contribution in [0.2, 0.25) is 0 Å². The molecule has 3 heteroatoms. The Bertz CT molecular complexity index is 478. The van der Waals surface area contributed by atoms with E-state index in [4.69, 9.17) is 18.0 Å². The Balaban J connectivity index is 1.63. The lowest BCUT2D eigenvalue weighted by Crippen LogP contribution is -2.18. The minimum Gasteiger partial charge on any atom is -0.389 e. The standard InChI is InChI=1S/C16H22N2S/c1-10-8-13(6-7-14(10)16(17)19)18-9-15(11-2-3-11)12-4-5-12/h6-8,11-12,15,18H,2-5,9H2,1H3,(H2,17,19). The Morgan fingerprint density at radius 3 is 2.42 bits per heavy atom. The molecule has 102 valence electrons. The van der Waals surface area contributed by atoms with Crippen molar-refractivity contribution in [3.8, 4) is 0 Å². The van der Waals surface area contributed by atoms with E-state index >= 15 is 0 Å². The van der Waals surface area contributed by atoms with E-state index in [-0.39, 0.29) is 0 Å². The lowest BCUT2D eigenvalue weighted by atomic mass is 9.97. The molecule has 2 saturated carbocycles. The maximum absolute atomic E-state index is 5.69. The van der Waals surface area contributed by atoms with E-state index in [0.717, 1.165) is 35.4 Å². The van der Waals surface area contributed by atoms with Crippen LogP contribution in [-0.2, 0) is 0 Å². The number of nitrogens with one attached hydrogen (secondary N) is 1. The number of thiocarbonyl (C=S) groups is 1. The van der Waals surface area contributed by atoms with Crippen molar-refractivity contribution < 1.29 is 0 Å². The normalized spacial score (nSPS) is 18.6. The lowest BCUT2D eigenvalue weighted by molar-refractivity contribution is 0.428. The Morgan fingerprint density at radius 1 is 1.32 bits per heavy atom. The van der Waals surface area contributed by atoms with E-state index < -0.39 is 0 Å². The molecule has 1 aromatic carbocycles. The average Bonchev–Trinajstić information content (AvgIpc) is 3.23. The molecule has 2 aliphatic carbocycles. The van der Waals surface area contributed by atoms with Crippen LogP contribution >= 0.6 is 12.2 Å². The van der Waals surface area contributed by atoms with Crippen molar-refractivity contribution in [1.82, 2.24) is 0 Å². The number of benzene rings is 1. The average molecular weight is 274 g/mol. The van der Waals surface area contributed by atoms with E-state index in [0.29, 0.717) is 4.99 Å². The van der Waals surface area contributed by atoms with Gasteiger partial charge in [-0.25, -0.2) is 0 Å². The van der Waals surface area contributed by atoms with Crippen molar-refractivity contribution in [3.05, 3.63) is 29.3 Å². The first kappa shape index (κ1) is 12.9. The van der Waals surface area contributed by atoms with E-state index in [9.17, 15) is 0 Å². The molecule has 19 heavy (non-hydrogen) atoms. The second-order valence-electron chi connectivity index (χ2n) is 6.11. The summed E-state index contributed by atoms with van der Waals surface area (Å²) in [5.74, 6) is 2.89. The third-order valence-electron chi connectivity index (χ3n) is 4.49. The first-order chi connectivity index (χ1) is 9.15. The van der Waals surface area contributed by atoms with Crippen molar-refractivity contribution in [3.63, 3.8) is 0 Å². The number of hydrogen-bond acceptors (Lipinski definition) is 2. The molecule has 0 bridgehead atoms. The first-order valence-corrected chi connectivity index (χ1v) is 7.70. The minimum absolute atomic E-state index is 0.484. The molecule has 0 saturated heterocycles. The van der Waals surface area contributed by atoms with Gasteiger partial charge in [-0.2, -0.15) is 0 Å². The quantitative estimate of drug-likeness (QED) is 0.780. The summed E-state index contributed by atoms with van der Waals surface area (Å²) in [4.78, 5) is 0.484. The zero-order chi connectivity index (χ0) is 13.4. The maximum atomic E-state index is 5.69. The summed E-state index contributed by atoms with van der Waals surface area (Å²) in [6.45, 7) is 3.19. The summed E-state index contributed by atoms with van der Waals surface area (Å²) in [5, 5.41) is 3.61. The van der Waals surface area contributed by atoms with E-state index in [2.05, 4.69) is 24.4 Å². The molecular weight excluding hydrogens is 252 g/mol. The number of nitrogens with two attached hydrogens (primary N) is 1. The van der Waals surface area contributed by atoms with Crippen molar-refractivity contribution in [2.75, 3.05) is 11.9 Å². The summed E-state index contributed by atoms with van der Waals surface area (Å²) >= 11 is 5.04. The summed E-state index contributed by atoms with van der Waals surface area (Å²) in [6.07, 6.45) is 5.79. The van der Waals surface area contributed by atoms with Crippen molar-refractivity contribution >= 4 is 22.9 Å². The zero-order valence-electron chi connectivity index (χ0n) is 11.5. The van der Waals surface area contributed by atoms with Gasteiger partial charge in [-0.1, -0.05) is 12.2 Å². The third kappa shape index (κ3) is 3.08. The van der Waals surface area contributed by atoms with E-state index in [1.165, 1.54) is 31.4 Å². The molecule has 0 unspecified atom stereocenters. The van der Waals surface area contributed by atoms with Gasteiger partial charge in [0.05, 0.1) is 0 Å². The molecule has 0 heterocycles. The van der Waals surface area contributed by atoms with Gasteiger partial charge in [0, 0.05) is 17.8 Å². The van der Waals surface area contributed by atoms with E-state index in [1.54, 1.807) is 0 Å². The smallest absolute Gasteiger partial charge is 0.104 e. The number of aryl methyl sites for hydroxylation is 1. The summed E-state index contributed by atoms with van der Waals surface area (Å²) in [5.41, 5.74) is 9.04. The summed E-state index contributed by atoms with van der Waals surface area (Å²) < 4.78 is 0. The van der Waals surface area contributed by atoms with Crippen LogP contribution in [-0.4, -0.2) is 11.5 Å². The van der Waals surface area contributed by atoms with Crippen LogP contribution in [0.4, 0.5) is 5.69 Å². The van der Waals surface area contributed by atoms with Crippen LogP contribution < -0.4 is 11.1 Å². The summed E-state index contributed by atoms with van der Waals surface area (Å²) in [6, 6.07) is 6.28. The topological polar surface area (TPSA) is 38.0 Å². The van der Waals surface area contributed by atoms with Gasteiger partial charge < -0.3 is 11.1 Å². The molecule has 2 nitrogen and oxygen atoms in total. The highest BCUT2D eigenvalue weighted by Gasteiger charge is 2.40. The molecular formula is C16H22N2S. The van der Waals surface area contributed by atoms with Crippen molar-refractivity contribution in [2.24, 2.45) is 23.5 Å². The van der Waals surface area contributed by atoms with E-state index in [1.807, 2.05) is 6.07 Å². The Kier molecular flexibility index (Phi) is 3.48. The monoisotopic (exact) mass is 274 g/mol. The zero-order valence-corrected chi connectivity index (χ0v) is 12.3. The molecule has 0 aromatic heterocycles. The van der Waals surface area contributed by atoms with Gasteiger partial charge in [0.15, 0.2) is 0 Å².